The number of amides is 1. The summed E-state index contributed by atoms with van der Waals surface area (Å²) in [4.78, 5) is 23.7. The number of nitrogens with one attached hydrogen (secondary N) is 1. The first-order valence-corrected chi connectivity index (χ1v) is 9.18. The van der Waals surface area contributed by atoms with Gasteiger partial charge < -0.3 is 20.3 Å². The molecule has 0 aliphatic carbocycles. The van der Waals surface area contributed by atoms with Gasteiger partial charge in [0, 0.05) is 0 Å². The van der Waals surface area contributed by atoms with Crippen molar-refractivity contribution in [3.05, 3.63) is 48.0 Å². The van der Waals surface area contributed by atoms with Crippen LogP contribution in [-0.2, 0) is 16.0 Å². The quantitative estimate of drug-likeness (QED) is 0.572. The van der Waals surface area contributed by atoms with Gasteiger partial charge in [-0.25, -0.2) is 4.79 Å². The number of hydrogen-bond acceptors (Lipinski definition) is 4. The maximum absolute atomic E-state index is 12.2. The maximum Gasteiger partial charge on any atom is 0.407 e. The van der Waals surface area contributed by atoms with Gasteiger partial charge >= 0.3 is 12.1 Å². The second kappa shape index (κ2) is 10.7. The molecule has 0 spiro atoms. The largest absolute Gasteiger partial charge is 0.481 e. The van der Waals surface area contributed by atoms with Crippen LogP contribution in [0.25, 0.3) is 0 Å². The number of carboxylic acids is 1. The third kappa shape index (κ3) is 9.24. The van der Waals surface area contributed by atoms with Gasteiger partial charge in [-0.15, -0.1) is 0 Å². The van der Waals surface area contributed by atoms with Gasteiger partial charge in [-0.3, -0.25) is 4.79 Å². The van der Waals surface area contributed by atoms with Crippen molar-refractivity contribution in [3.8, 4) is 0 Å². The lowest BCUT2D eigenvalue weighted by molar-refractivity contribution is -0.142. The summed E-state index contributed by atoms with van der Waals surface area (Å²) in [6.07, 6.45) is 2.62. The number of carboxylic acid groups (broad SMARTS) is 1. The van der Waals surface area contributed by atoms with Crippen LogP contribution in [0.4, 0.5) is 4.79 Å². The molecule has 0 fully saturated rings. The zero-order valence-corrected chi connectivity index (χ0v) is 16.5. The SMILES string of the molecule is C/C=C/CC(CC(O)[C@H](Cc1ccccc1)NC(=O)OC(C)(C)C)C(=O)O. The Morgan fingerprint density at radius 1 is 1.22 bits per heavy atom. The minimum Gasteiger partial charge on any atom is -0.481 e. The lowest BCUT2D eigenvalue weighted by Gasteiger charge is -2.28. The van der Waals surface area contributed by atoms with Gasteiger partial charge in [0.2, 0.25) is 0 Å². The minimum absolute atomic E-state index is 0.0347. The van der Waals surface area contributed by atoms with E-state index in [0.29, 0.717) is 12.8 Å². The third-order valence-electron chi connectivity index (χ3n) is 4.00. The van der Waals surface area contributed by atoms with E-state index in [0.717, 1.165) is 5.56 Å². The average Bonchev–Trinajstić information content (AvgIpc) is 2.56. The van der Waals surface area contributed by atoms with E-state index >= 15 is 0 Å². The van der Waals surface area contributed by atoms with Crippen LogP contribution in [0.5, 0.6) is 0 Å². The molecule has 0 bridgehead atoms. The van der Waals surface area contributed by atoms with Gasteiger partial charge in [-0.05, 0) is 52.5 Å². The summed E-state index contributed by atoms with van der Waals surface area (Å²) in [5.74, 6) is -1.70. The van der Waals surface area contributed by atoms with Gasteiger partial charge in [-0.2, -0.15) is 0 Å². The van der Waals surface area contributed by atoms with E-state index in [2.05, 4.69) is 5.32 Å². The highest BCUT2D eigenvalue weighted by molar-refractivity contribution is 5.70. The summed E-state index contributed by atoms with van der Waals surface area (Å²) < 4.78 is 5.28. The van der Waals surface area contributed by atoms with E-state index in [9.17, 15) is 19.8 Å². The molecule has 0 aromatic heterocycles. The van der Waals surface area contributed by atoms with Crippen molar-refractivity contribution in [2.45, 2.75) is 64.7 Å². The summed E-state index contributed by atoms with van der Waals surface area (Å²) >= 11 is 0. The molecular weight excluding hydrogens is 346 g/mol. The maximum atomic E-state index is 12.2. The molecule has 1 aromatic rings. The molecule has 150 valence electrons. The number of aliphatic hydroxyl groups is 1. The van der Waals surface area contributed by atoms with Crippen LogP contribution < -0.4 is 5.32 Å². The molecule has 0 saturated carbocycles. The molecule has 1 rings (SSSR count). The van der Waals surface area contributed by atoms with E-state index in [1.54, 1.807) is 32.9 Å². The van der Waals surface area contributed by atoms with Crippen molar-refractivity contribution in [1.82, 2.24) is 5.32 Å². The van der Waals surface area contributed by atoms with Crippen LogP contribution in [0, 0.1) is 5.92 Å². The van der Waals surface area contributed by atoms with Crippen molar-refractivity contribution >= 4 is 12.1 Å². The number of allylic oxidation sites excluding steroid dienone is 2. The van der Waals surface area contributed by atoms with E-state index in [1.165, 1.54) is 0 Å². The molecule has 3 N–H and O–H groups in total. The number of ether oxygens (including phenoxy) is 1. The van der Waals surface area contributed by atoms with Crippen LogP contribution in [0.2, 0.25) is 0 Å². The number of alkyl carbamates (subject to hydrolysis) is 1. The molecule has 6 nitrogen and oxygen atoms in total. The van der Waals surface area contributed by atoms with Crippen LogP contribution in [0.15, 0.2) is 42.5 Å². The second-order valence-electron chi connectivity index (χ2n) is 7.59. The normalized spacial score (nSPS) is 15.1. The Balaban J connectivity index is 2.90. The van der Waals surface area contributed by atoms with Gasteiger partial charge in [0.25, 0.3) is 0 Å². The standard InChI is InChI=1S/C21H31NO5/c1-5-6-12-16(19(24)25)14-18(23)17(13-15-10-8-7-9-11-15)22-20(26)27-21(2,3)4/h5-11,16-18,23H,12-14H2,1-4H3,(H,22,26)(H,24,25)/b6-5+/t16?,17-,18?/m0/s1. The van der Waals surface area contributed by atoms with Crippen LogP contribution in [0.1, 0.15) is 46.1 Å². The first-order valence-electron chi connectivity index (χ1n) is 9.18. The Bertz CT molecular complexity index is 621. The Hall–Kier alpha value is -2.34. The molecule has 0 aliphatic heterocycles. The number of aliphatic carboxylic acids is 1. The van der Waals surface area contributed by atoms with Gasteiger partial charge in [0.1, 0.15) is 5.60 Å². The van der Waals surface area contributed by atoms with E-state index in [1.807, 2.05) is 37.3 Å². The Labute approximate surface area is 161 Å². The van der Waals surface area contributed by atoms with Gasteiger partial charge in [0.15, 0.2) is 0 Å². The molecule has 0 saturated heterocycles. The van der Waals surface area contributed by atoms with Crippen LogP contribution in [-0.4, -0.2) is 40.0 Å². The topological polar surface area (TPSA) is 95.9 Å². The van der Waals surface area contributed by atoms with E-state index in [4.69, 9.17) is 4.74 Å². The number of benzene rings is 1. The summed E-state index contributed by atoms with van der Waals surface area (Å²) in [5, 5.41) is 22.8. The van der Waals surface area contributed by atoms with E-state index < -0.39 is 35.7 Å². The highest BCUT2D eigenvalue weighted by Crippen LogP contribution is 2.18. The monoisotopic (exact) mass is 377 g/mol. The fourth-order valence-corrected chi connectivity index (χ4v) is 2.66. The Morgan fingerprint density at radius 3 is 2.37 bits per heavy atom. The fourth-order valence-electron chi connectivity index (χ4n) is 2.66. The molecule has 1 amide bonds. The summed E-state index contributed by atoms with van der Waals surface area (Å²) in [6.45, 7) is 7.09. The number of hydrogen-bond donors (Lipinski definition) is 3. The first kappa shape index (κ1) is 22.7. The summed E-state index contributed by atoms with van der Waals surface area (Å²) in [6, 6.07) is 8.76. The molecule has 3 atom stereocenters. The molecular formula is C21H31NO5. The Kier molecular flexibility index (Phi) is 9.02. The zero-order chi connectivity index (χ0) is 20.4. The van der Waals surface area contributed by atoms with Crippen molar-refractivity contribution in [2.24, 2.45) is 5.92 Å². The van der Waals surface area contributed by atoms with Crippen molar-refractivity contribution in [3.63, 3.8) is 0 Å². The number of carbonyl (C=O) groups excluding carboxylic acids is 1. The zero-order valence-electron chi connectivity index (χ0n) is 16.5. The van der Waals surface area contributed by atoms with Crippen molar-refractivity contribution in [2.75, 3.05) is 0 Å². The second-order valence-corrected chi connectivity index (χ2v) is 7.59. The molecule has 6 heteroatoms. The number of aliphatic hydroxyl groups excluding tert-OH is 1. The van der Waals surface area contributed by atoms with E-state index in [-0.39, 0.29) is 6.42 Å². The Morgan fingerprint density at radius 2 is 1.85 bits per heavy atom. The average molecular weight is 377 g/mol. The lowest BCUT2D eigenvalue weighted by atomic mass is 9.91. The molecule has 27 heavy (non-hydrogen) atoms. The highest BCUT2D eigenvalue weighted by atomic mass is 16.6. The third-order valence-corrected chi connectivity index (χ3v) is 4.00. The minimum atomic E-state index is -1.02. The van der Waals surface area contributed by atoms with Crippen LogP contribution in [0.3, 0.4) is 0 Å². The predicted molar refractivity (Wildman–Crippen MR) is 104 cm³/mol. The summed E-state index contributed by atoms with van der Waals surface area (Å²) in [7, 11) is 0. The molecule has 2 unspecified atom stereocenters. The van der Waals surface area contributed by atoms with Crippen molar-refractivity contribution in [1.29, 1.82) is 0 Å². The molecule has 0 aliphatic rings. The lowest BCUT2D eigenvalue weighted by Crippen LogP contribution is -2.47. The molecule has 1 aromatic carbocycles. The van der Waals surface area contributed by atoms with Gasteiger partial charge in [0.05, 0.1) is 18.1 Å². The molecule has 0 radical (unpaired) electrons. The fraction of sp³-hybridized carbons (Fsp3) is 0.524. The van der Waals surface area contributed by atoms with Crippen molar-refractivity contribution < 1.29 is 24.5 Å². The first-order chi connectivity index (χ1) is 12.6. The highest BCUT2D eigenvalue weighted by Gasteiger charge is 2.29. The number of rotatable bonds is 9. The smallest absolute Gasteiger partial charge is 0.407 e. The molecule has 0 heterocycles. The number of carbonyl (C=O) groups is 2. The van der Waals surface area contributed by atoms with Gasteiger partial charge in [-0.1, -0.05) is 42.5 Å². The summed E-state index contributed by atoms with van der Waals surface area (Å²) in [5.41, 5.74) is 0.264. The van der Waals surface area contributed by atoms with Crippen LogP contribution >= 0.6 is 0 Å². The predicted octanol–water partition coefficient (Wildman–Crippen LogP) is 3.54.